The van der Waals surface area contributed by atoms with Crippen LogP contribution in [-0.2, 0) is 4.79 Å². The largest absolute Gasteiger partial charge is 0.297 e. The lowest BCUT2D eigenvalue weighted by atomic mass is 9.79. The molecular weight excluding hydrogens is 246 g/mol. The minimum Gasteiger partial charge on any atom is -0.297 e. The van der Waals surface area contributed by atoms with Crippen LogP contribution in [0.25, 0.3) is 0 Å². The van der Waals surface area contributed by atoms with E-state index in [-0.39, 0.29) is 5.54 Å². The van der Waals surface area contributed by atoms with Crippen molar-refractivity contribution in [3.8, 4) is 0 Å². The van der Waals surface area contributed by atoms with Gasteiger partial charge in [0.05, 0.1) is 5.54 Å². The molecule has 0 aliphatic heterocycles. The second kappa shape index (κ2) is 7.40. The maximum Gasteiger partial charge on any atom is 0.178 e. The van der Waals surface area contributed by atoms with Gasteiger partial charge in [-0.05, 0) is 58.2 Å². The number of allylic oxidation sites excluding steroid dienone is 1. The Labute approximate surface area is 124 Å². The normalized spacial score (nSPS) is 24.4. The number of hydrogen-bond donors (Lipinski definition) is 0. The number of likely N-dealkylation sites (N-methyl/N-ethyl adjacent to an activating group) is 1. The first-order valence-corrected chi connectivity index (χ1v) is 8.58. The van der Waals surface area contributed by atoms with Crippen LogP contribution in [0.2, 0.25) is 0 Å². The van der Waals surface area contributed by atoms with Crippen LogP contribution in [0.1, 0.15) is 77.0 Å². The minimum atomic E-state index is -0.207. The van der Waals surface area contributed by atoms with Crippen molar-refractivity contribution in [3.05, 3.63) is 11.6 Å². The highest BCUT2D eigenvalue weighted by Crippen LogP contribution is 2.35. The lowest BCUT2D eigenvalue weighted by Gasteiger charge is -2.39. The van der Waals surface area contributed by atoms with Gasteiger partial charge in [0.25, 0.3) is 0 Å². The fourth-order valence-electron chi connectivity index (χ4n) is 3.89. The van der Waals surface area contributed by atoms with E-state index in [0.717, 1.165) is 31.3 Å². The van der Waals surface area contributed by atoms with Crippen LogP contribution in [0.3, 0.4) is 0 Å². The molecule has 1 fully saturated rings. The topological polar surface area (TPSA) is 20.3 Å². The van der Waals surface area contributed by atoms with Crippen LogP contribution in [0.4, 0.5) is 0 Å². The molecule has 0 bridgehead atoms. The van der Waals surface area contributed by atoms with Gasteiger partial charge in [0.1, 0.15) is 0 Å². The predicted molar refractivity (Wildman–Crippen MR) is 84.9 cm³/mol. The Bertz CT molecular complexity index is 348. The molecule has 0 heterocycles. The predicted octanol–water partition coefficient (Wildman–Crippen LogP) is 4.49. The van der Waals surface area contributed by atoms with E-state index in [1.165, 1.54) is 51.4 Å². The maximum atomic E-state index is 13.2. The Kier molecular flexibility index (Phi) is 5.83. The Morgan fingerprint density at radius 1 is 0.950 bits per heavy atom. The van der Waals surface area contributed by atoms with Gasteiger partial charge in [0.15, 0.2) is 5.78 Å². The van der Waals surface area contributed by atoms with E-state index in [4.69, 9.17) is 0 Å². The van der Waals surface area contributed by atoms with Crippen LogP contribution in [-0.4, -0.2) is 30.3 Å². The van der Waals surface area contributed by atoms with Crippen molar-refractivity contribution in [3.63, 3.8) is 0 Å². The zero-order valence-electron chi connectivity index (χ0n) is 13.4. The summed E-state index contributed by atoms with van der Waals surface area (Å²) in [5.41, 5.74) is 0.932. The van der Waals surface area contributed by atoms with Crippen molar-refractivity contribution >= 4 is 5.78 Å². The SMILES string of the molecule is CN(C)C1(C(=O)C2=CCCCCCC2)CCCCCC1. The Hall–Kier alpha value is -0.630. The molecule has 0 aromatic heterocycles. The monoisotopic (exact) mass is 277 g/mol. The summed E-state index contributed by atoms with van der Waals surface area (Å²) in [7, 11) is 4.21. The van der Waals surface area contributed by atoms with Crippen molar-refractivity contribution in [2.45, 2.75) is 82.6 Å². The number of ketones is 1. The third-order valence-corrected chi connectivity index (χ3v) is 5.29. The molecule has 20 heavy (non-hydrogen) atoms. The highest BCUT2D eigenvalue weighted by atomic mass is 16.1. The van der Waals surface area contributed by atoms with Gasteiger partial charge in [-0.25, -0.2) is 0 Å². The summed E-state index contributed by atoms with van der Waals surface area (Å²) in [5, 5.41) is 0. The van der Waals surface area contributed by atoms with Gasteiger partial charge in [-0.1, -0.05) is 44.6 Å². The number of Topliss-reactive ketones (excluding diaryl/α,β-unsaturated/α-hetero) is 1. The molecule has 2 heteroatoms. The fraction of sp³-hybridized carbons (Fsp3) is 0.833. The van der Waals surface area contributed by atoms with Crippen molar-refractivity contribution < 1.29 is 4.79 Å². The minimum absolute atomic E-state index is 0.207. The van der Waals surface area contributed by atoms with Crippen LogP contribution in [0.15, 0.2) is 11.6 Å². The lowest BCUT2D eigenvalue weighted by molar-refractivity contribution is -0.127. The van der Waals surface area contributed by atoms with Crippen molar-refractivity contribution in [1.29, 1.82) is 0 Å². The molecule has 0 atom stereocenters. The quantitative estimate of drug-likeness (QED) is 0.708. The fourth-order valence-corrected chi connectivity index (χ4v) is 3.89. The molecule has 0 N–H and O–H groups in total. The average molecular weight is 277 g/mol. The molecule has 0 aromatic carbocycles. The first-order chi connectivity index (χ1) is 9.67. The molecule has 2 rings (SSSR count). The molecule has 2 aliphatic rings. The van der Waals surface area contributed by atoms with Crippen LogP contribution >= 0.6 is 0 Å². The first-order valence-electron chi connectivity index (χ1n) is 8.58. The van der Waals surface area contributed by atoms with E-state index in [1.807, 2.05) is 0 Å². The number of carbonyl (C=O) groups excluding carboxylic acids is 1. The van der Waals surface area contributed by atoms with E-state index in [2.05, 4.69) is 25.1 Å². The number of rotatable bonds is 3. The van der Waals surface area contributed by atoms with E-state index in [0.29, 0.717) is 5.78 Å². The molecule has 0 amide bonds. The number of carbonyl (C=O) groups is 1. The number of nitrogens with zero attached hydrogens (tertiary/aromatic N) is 1. The molecule has 0 spiro atoms. The molecule has 1 saturated carbocycles. The summed E-state index contributed by atoms with van der Waals surface area (Å²) in [6.45, 7) is 0. The summed E-state index contributed by atoms with van der Waals surface area (Å²) in [6, 6.07) is 0. The van der Waals surface area contributed by atoms with E-state index < -0.39 is 0 Å². The van der Waals surface area contributed by atoms with Crippen LogP contribution in [0.5, 0.6) is 0 Å². The molecule has 0 radical (unpaired) electrons. The summed E-state index contributed by atoms with van der Waals surface area (Å²) < 4.78 is 0. The Morgan fingerprint density at radius 3 is 2.20 bits per heavy atom. The van der Waals surface area contributed by atoms with Crippen molar-refractivity contribution in [2.75, 3.05) is 14.1 Å². The van der Waals surface area contributed by atoms with Gasteiger partial charge in [0.2, 0.25) is 0 Å². The maximum absolute atomic E-state index is 13.2. The Morgan fingerprint density at radius 2 is 1.55 bits per heavy atom. The molecule has 0 aromatic rings. The molecular formula is C18H31NO. The van der Waals surface area contributed by atoms with Gasteiger partial charge in [-0.2, -0.15) is 0 Å². The van der Waals surface area contributed by atoms with E-state index in [9.17, 15) is 4.79 Å². The van der Waals surface area contributed by atoms with Crippen molar-refractivity contribution in [2.24, 2.45) is 0 Å². The van der Waals surface area contributed by atoms with Gasteiger partial charge in [0, 0.05) is 0 Å². The zero-order chi connectivity index (χ0) is 14.4. The summed E-state index contributed by atoms with van der Waals surface area (Å²) in [5.74, 6) is 0.450. The van der Waals surface area contributed by atoms with Crippen LogP contribution in [0, 0.1) is 0 Å². The van der Waals surface area contributed by atoms with Gasteiger partial charge < -0.3 is 0 Å². The molecule has 0 unspecified atom stereocenters. The third-order valence-electron chi connectivity index (χ3n) is 5.29. The Balaban J connectivity index is 2.20. The van der Waals surface area contributed by atoms with E-state index >= 15 is 0 Å². The average Bonchev–Trinajstić information content (AvgIpc) is 2.64. The smallest absolute Gasteiger partial charge is 0.178 e. The number of hydrogen-bond acceptors (Lipinski definition) is 2. The first kappa shape index (κ1) is 15.8. The summed E-state index contributed by atoms with van der Waals surface area (Å²) in [4.78, 5) is 15.4. The lowest BCUT2D eigenvalue weighted by Crippen LogP contribution is -2.51. The zero-order valence-corrected chi connectivity index (χ0v) is 13.4. The molecule has 0 saturated heterocycles. The van der Waals surface area contributed by atoms with Crippen molar-refractivity contribution in [1.82, 2.24) is 4.90 Å². The van der Waals surface area contributed by atoms with Gasteiger partial charge in [-0.15, -0.1) is 0 Å². The highest BCUT2D eigenvalue weighted by molar-refractivity contribution is 6.02. The van der Waals surface area contributed by atoms with Crippen LogP contribution < -0.4 is 0 Å². The van der Waals surface area contributed by atoms with E-state index in [1.54, 1.807) is 0 Å². The second-order valence-corrected chi connectivity index (χ2v) is 6.85. The molecule has 2 nitrogen and oxygen atoms in total. The second-order valence-electron chi connectivity index (χ2n) is 6.85. The molecule has 2 aliphatic carbocycles. The summed E-state index contributed by atoms with van der Waals surface area (Å²) >= 11 is 0. The third kappa shape index (κ3) is 3.52. The summed E-state index contributed by atoms with van der Waals surface area (Å²) in [6.07, 6.45) is 16.5. The standard InChI is InChI=1S/C18H31NO/c1-19(2)18(14-10-6-7-11-15-18)17(20)16-12-8-4-3-5-9-13-16/h12H,3-11,13-15H2,1-2H3. The van der Waals surface area contributed by atoms with Gasteiger partial charge >= 0.3 is 0 Å². The highest BCUT2D eigenvalue weighted by Gasteiger charge is 2.41. The van der Waals surface area contributed by atoms with Gasteiger partial charge in [-0.3, -0.25) is 9.69 Å². The molecule has 114 valence electrons.